The van der Waals surface area contributed by atoms with E-state index in [1.54, 1.807) is 24.3 Å². The number of alkyl halides is 3. The highest BCUT2D eigenvalue weighted by Gasteiger charge is 2.34. The summed E-state index contributed by atoms with van der Waals surface area (Å²) in [7, 11) is -2.47. The normalized spacial score (nSPS) is 22.1. The van der Waals surface area contributed by atoms with E-state index < -0.39 is 34.4 Å². The summed E-state index contributed by atoms with van der Waals surface area (Å²) in [5.74, 6) is 0.0774. The maximum absolute atomic E-state index is 13.0. The van der Waals surface area contributed by atoms with Crippen LogP contribution in [-0.4, -0.2) is 31.9 Å². The molecule has 110 valence electrons. The summed E-state index contributed by atoms with van der Waals surface area (Å²) < 4.78 is 39.7. The molecule has 0 N–H and O–H groups in total. The van der Waals surface area contributed by atoms with Crippen molar-refractivity contribution < 1.29 is 17.5 Å². The average Bonchev–Trinajstić information content (AvgIpc) is 2.83. The van der Waals surface area contributed by atoms with Gasteiger partial charge in [-0.05, 0) is 11.1 Å². The largest absolute Gasteiger partial charge is 0.468 e. The molecule has 20 heavy (non-hydrogen) atoms. The van der Waals surface area contributed by atoms with Crippen molar-refractivity contribution in [3.05, 3.63) is 35.4 Å². The number of benzene rings is 1. The van der Waals surface area contributed by atoms with Crippen molar-refractivity contribution >= 4 is 39.8 Å². The highest BCUT2D eigenvalue weighted by Crippen LogP contribution is 2.32. The second-order valence-electron chi connectivity index (χ2n) is 4.26. The second kappa shape index (κ2) is 6.74. The average molecular weight is 340 g/mol. The van der Waals surface area contributed by atoms with E-state index >= 15 is 0 Å². The molecule has 1 aromatic carbocycles. The number of hydrogen-bond donors (Lipinski definition) is 1. The molecule has 0 bridgehead atoms. The van der Waals surface area contributed by atoms with Crippen LogP contribution >= 0.6 is 23.2 Å². The number of aliphatic imine (C=N–C) groups is 1. The van der Waals surface area contributed by atoms with E-state index in [1.807, 2.05) is 0 Å². The Morgan fingerprint density at radius 1 is 1.30 bits per heavy atom. The predicted octanol–water partition coefficient (Wildman–Crippen LogP) is 2.41. The van der Waals surface area contributed by atoms with E-state index in [1.165, 1.54) is 0 Å². The van der Waals surface area contributed by atoms with E-state index in [2.05, 4.69) is 4.99 Å². The minimum atomic E-state index is -2.47. The van der Waals surface area contributed by atoms with Crippen molar-refractivity contribution in [2.45, 2.75) is 22.7 Å². The molecule has 0 spiro atoms. The van der Waals surface area contributed by atoms with Gasteiger partial charge in [0.2, 0.25) is 5.90 Å². The molecule has 2 atom stereocenters. The number of nitrogens with zero attached hydrogens (tertiary/aromatic N) is 1. The van der Waals surface area contributed by atoms with Gasteiger partial charge in [-0.1, -0.05) is 47.5 Å². The number of thiol groups is 1. The Morgan fingerprint density at radius 3 is 2.45 bits per heavy atom. The molecule has 1 aliphatic heterocycles. The highest BCUT2D eigenvalue weighted by atomic mass is 35.5. The van der Waals surface area contributed by atoms with Gasteiger partial charge in [-0.25, -0.2) is 17.8 Å². The number of rotatable bonds is 5. The molecule has 1 aromatic rings. The number of hydrogen-bond acceptors (Lipinski definition) is 4. The number of halogens is 3. The molecule has 2 unspecified atom stereocenters. The maximum atomic E-state index is 13.0. The summed E-state index contributed by atoms with van der Waals surface area (Å²) in [6, 6.07) is 6.02. The fourth-order valence-electron chi connectivity index (χ4n) is 1.95. The fraction of sp³-hybridized carbons (Fsp3) is 0.417. The smallest absolute Gasteiger partial charge is 0.218 e. The van der Waals surface area contributed by atoms with Crippen molar-refractivity contribution in [3.8, 4) is 0 Å². The first-order valence-corrected chi connectivity index (χ1v) is 8.04. The van der Waals surface area contributed by atoms with Gasteiger partial charge in [0.05, 0.1) is 5.75 Å². The molecular weight excluding hydrogens is 328 g/mol. The van der Waals surface area contributed by atoms with Gasteiger partial charge in [0.25, 0.3) is 0 Å². The molecule has 1 aliphatic rings. The van der Waals surface area contributed by atoms with Gasteiger partial charge in [-0.2, -0.15) is 0 Å². The van der Waals surface area contributed by atoms with Gasteiger partial charge in [0.1, 0.15) is 23.4 Å². The van der Waals surface area contributed by atoms with Crippen LogP contribution in [0.2, 0.25) is 0 Å². The lowest BCUT2D eigenvalue weighted by Crippen LogP contribution is -2.16. The van der Waals surface area contributed by atoms with Crippen LogP contribution in [0.15, 0.2) is 29.3 Å². The van der Waals surface area contributed by atoms with Crippen molar-refractivity contribution in [1.29, 1.82) is 0 Å². The Kier molecular flexibility index (Phi) is 5.23. The molecule has 8 heteroatoms. The van der Waals surface area contributed by atoms with E-state index in [9.17, 15) is 12.8 Å². The molecule has 2 rings (SSSR count). The fourth-order valence-corrected chi connectivity index (χ4v) is 2.67. The molecular formula is C12H12Cl2FNO3S. The third kappa shape index (κ3) is 3.62. The predicted molar refractivity (Wildman–Crippen MR) is 77.0 cm³/mol. The minimum absolute atomic E-state index is 0.0269. The van der Waals surface area contributed by atoms with E-state index in [4.69, 9.17) is 27.9 Å². The molecule has 0 aliphatic carbocycles. The van der Waals surface area contributed by atoms with Gasteiger partial charge in [-0.3, -0.25) is 0 Å². The molecule has 0 saturated heterocycles. The van der Waals surface area contributed by atoms with Crippen LogP contribution in [0.1, 0.15) is 17.2 Å². The van der Waals surface area contributed by atoms with Gasteiger partial charge < -0.3 is 4.74 Å². The van der Waals surface area contributed by atoms with Crippen LogP contribution in [-0.2, 0) is 21.2 Å². The van der Waals surface area contributed by atoms with Crippen LogP contribution in [0.4, 0.5) is 4.39 Å². The molecule has 0 radical (unpaired) electrons. The Hall–Kier alpha value is -0.850. The van der Waals surface area contributed by atoms with E-state index in [0.717, 1.165) is 0 Å². The lowest BCUT2D eigenvalue weighted by atomic mass is 10.0. The van der Waals surface area contributed by atoms with E-state index in [-0.39, 0.29) is 11.7 Å². The van der Waals surface area contributed by atoms with Gasteiger partial charge >= 0.3 is 0 Å². The van der Waals surface area contributed by atoms with Crippen LogP contribution in [0.5, 0.6) is 0 Å². The third-order valence-electron chi connectivity index (χ3n) is 2.85. The molecule has 0 aromatic heterocycles. The van der Waals surface area contributed by atoms with Crippen molar-refractivity contribution in [1.82, 2.24) is 0 Å². The summed E-state index contributed by atoms with van der Waals surface area (Å²) in [5, 5.41) is 0. The van der Waals surface area contributed by atoms with Crippen molar-refractivity contribution in [3.63, 3.8) is 0 Å². The first-order chi connectivity index (χ1) is 9.51. The topological polar surface area (TPSA) is 55.7 Å². The Labute approximate surface area is 127 Å². The van der Waals surface area contributed by atoms with Crippen molar-refractivity contribution in [2.75, 3.05) is 6.67 Å². The van der Waals surface area contributed by atoms with Crippen molar-refractivity contribution in [2.24, 2.45) is 4.99 Å². The monoisotopic (exact) mass is 339 g/mol. The molecule has 1 heterocycles. The Balaban J connectivity index is 2.15. The summed E-state index contributed by atoms with van der Waals surface area (Å²) in [6.07, 6.45) is -0.593. The second-order valence-corrected chi connectivity index (χ2v) is 6.34. The standard InChI is InChI=1S/C12H12Cl2FNO3S/c13-11(14)12-16-9(5-15)10(19-12)8-3-1-7(2-4-8)6-20(17)18/h1-4,9-11,20H,5-6H2. The molecule has 0 fully saturated rings. The van der Waals surface area contributed by atoms with E-state index in [0.29, 0.717) is 11.1 Å². The Bertz CT molecular complexity index is 567. The summed E-state index contributed by atoms with van der Waals surface area (Å²) >= 11 is 11.3. The van der Waals surface area contributed by atoms with Crippen LogP contribution < -0.4 is 0 Å². The SMILES string of the molecule is O=[SH](=O)Cc1ccc(C2OC(C(Cl)Cl)=NC2CF)cc1. The minimum Gasteiger partial charge on any atom is -0.468 e. The maximum Gasteiger partial charge on any atom is 0.218 e. The summed E-state index contributed by atoms with van der Waals surface area (Å²) in [5.41, 5.74) is 1.36. The van der Waals surface area contributed by atoms with Crippen LogP contribution in [0, 0.1) is 0 Å². The van der Waals surface area contributed by atoms with Gasteiger partial charge in [0.15, 0.2) is 10.9 Å². The highest BCUT2D eigenvalue weighted by molar-refractivity contribution is 7.71. The lowest BCUT2D eigenvalue weighted by molar-refractivity contribution is 0.178. The third-order valence-corrected chi connectivity index (χ3v) is 3.85. The van der Waals surface area contributed by atoms with Crippen LogP contribution in [0.25, 0.3) is 0 Å². The van der Waals surface area contributed by atoms with Crippen LogP contribution in [0.3, 0.4) is 0 Å². The van der Waals surface area contributed by atoms with Gasteiger partial charge in [-0.15, -0.1) is 0 Å². The number of ether oxygens (including phenoxy) is 1. The molecule has 4 nitrogen and oxygen atoms in total. The van der Waals surface area contributed by atoms with Gasteiger partial charge in [0, 0.05) is 0 Å². The molecule has 0 saturated carbocycles. The Morgan fingerprint density at radius 2 is 1.95 bits per heavy atom. The zero-order valence-corrected chi connectivity index (χ0v) is 12.6. The zero-order chi connectivity index (χ0) is 14.7. The molecule has 0 amide bonds. The lowest BCUT2D eigenvalue weighted by Gasteiger charge is -2.16. The first-order valence-electron chi connectivity index (χ1n) is 5.80. The quantitative estimate of drug-likeness (QED) is 0.662. The summed E-state index contributed by atoms with van der Waals surface area (Å²) in [6.45, 7) is -0.692. The first kappa shape index (κ1) is 15.5. The summed E-state index contributed by atoms with van der Waals surface area (Å²) in [4.78, 5) is 3.06. The zero-order valence-electron chi connectivity index (χ0n) is 10.2.